The van der Waals surface area contributed by atoms with Gasteiger partial charge in [0.25, 0.3) is 0 Å². The number of hydrogen-bond donors (Lipinski definition) is 1. The van der Waals surface area contributed by atoms with Crippen molar-refractivity contribution in [1.29, 1.82) is 0 Å². The molecule has 0 saturated heterocycles. The van der Waals surface area contributed by atoms with Crippen molar-refractivity contribution in [2.24, 2.45) is 0 Å². The zero-order valence-corrected chi connectivity index (χ0v) is 11.2. The van der Waals surface area contributed by atoms with Crippen molar-refractivity contribution < 1.29 is 14.3 Å². The second-order valence-corrected chi connectivity index (χ2v) is 5.37. The Kier molecular flexibility index (Phi) is 3.20. The first-order valence-corrected chi connectivity index (χ1v) is 6.81. The van der Waals surface area contributed by atoms with Crippen molar-refractivity contribution in [3.63, 3.8) is 0 Å². The summed E-state index contributed by atoms with van der Waals surface area (Å²) in [5, 5.41) is 10.3. The number of nitrogens with zero attached hydrogens (tertiary/aromatic N) is 1. The molecule has 0 radical (unpaired) electrons. The molecular formula is C15H10FNO2S. The standard InChI is InChI=1S/C15H10FNO2S/c16-9-4-5-13-11(7-9)14(15(19)20-13)12(18)8-10-3-1-2-6-17-10/h1-7,19H,8H2. The summed E-state index contributed by atoms with van der Waals surface area (Å²) in [5.41, 5.74) is 0.794. The van der Waals surface area contributed by atoms with E-state index < -0.39 is 5.82 Å². The van der Waals surface area contributed by atoms with Crippen molar-refractivity contribution in [3.05, 3.63) is 59.7 Å². The number of aromatic nitrogens is 1. The van der Waals surface area contributed by atoms with Crippen LogP contribution in [0.2, 0.25) is 0 Å². The van der Waals surface area contributed by atoms with E-state index in [1.807, 2.05) is 0 Å². The molecule has 2 aromatic heterocycles. The van der Waals surface area contributed by atoms with Gasteiger partial charge < -0.3 is 5.11 Å². The lowest BCUT2D eigenvalue weighted by atomic mass is 10.0. The molecule has 1 aromatic carbocycles. The second kappa shape index (κ2) is 5.02. The number of thiophene rings is 1. The molecule has 3 rings (SSSR count). The predicted molar refractivity (Wildman–Crippen MR) is 75.7 cm³/mol. The van der Waals surface area contributed by atoms with E-state index in [-0.39, 0.29) is 22.8 Å². The fourth-order valence-electron chi connectivity index (χ4n) is 2.08. The Hall–Kier alpha value is -2.27. The van der Waals surface area contributed by atoms with Gasteiger partial charge >= 0.3 is 0 Å². The molecule has 100 valence electrons. The van der Waals surface area contributed by atoms with E-state index >= 15 is 0 Å². The molecule has 0 spiro atoms. The molecule has 3 aromatic rings. The molecule has 0 atom stereocenters. The van der Waals surface area contributed by atoms with E-state index in [2.05, 4.69) is 4.98 Å². The van der Waals surface area contributed by atoms with Crippen LogP contribution in [-0.4, -0.2) is 15.9 Å². The van der Waals surface area contributed by atoms with Gasteiger partial charge in [-0.05, 0) is 30.3 Å². The lowest BCUT2D eigenvalue weighted by molar-refractivity contribution is 0.0991. The summed E-state index contributed by atoms with van der Waals surface area (Å²) in [4.78, 5) is 16.4. The minimum atomic E-state index is -0.429. The van der Waals surface area contributed by atoms with Crippen molar-refractivity contribution in [1.82, 2.24) is 4.98 Å². The third-order valence-corrected chi connectivity index (χ3v) is 3.95. The first kappa shape index (κ1) is 12.7. The van der Waals surface area contributed by atoms with E-state index in [0.717, 1.165) is 11.3 Å². The minimum absolute atomic E-state index is 0.0773. The van der Waals surface area contributed by atoms with Gasteiger partial charge in [-0.15, -0.1) is 0 Å². The molecule has 0 aliphatic rings. The fourth-order valence-corrected chi connectivity index (χ4v) is 3.02. The number of benzene rings is 1. The number of carbonyl (C=O) groups is 1. The van der Waals surface area contributed by atoms with E-state index in [0.29, 0.717) is 15.8 Å². The fraction of sp³-hybridized carbons (Fsp3) is 0.0667. The first-order valence-electron chi connectivity index (χ1n) is 5.99. The maximum absolute atomic E-state index is 13.3. The Morgan fingerprint density at radius 2 is 2.15 bits per heavy atom. The molecule has 0 amide bonds. The van der Waals surface area contributed by atoms with E-state index in [4.69, 9.17) is 0 Å². The van der Waals surface area contributed by atoms with Crippen LogP contribution in [0.4, 0.5) is 4.39 Å². The normalized spacial score (nSPS) is 10.8. The average Bonchev–Trinajstić information content (AvgIpc) is 2.75. The molecule has 0 aliphatic heterocycles. The summed E-state index contributed by atoms with van der Waals surface area (Å²) in [6.07, 6.45) is 1.69. The van der Waals surface area contributed by atoms with Gasteiger partial charge in [-0.25, -0.2) is 4.39 Å². The highest BCUT2D eigenvalue weighted by atomic mass is 32.1. The molecule has 20 heavy (non-hydrogen) atoms. The number of aromatic hydroxyl groups is 1. The Labute approximate surface area is 118 Å². The molecule has 0 saturated carbocycles. The SMILES string of the molecule is O=C(Cc1ccccn1)c1c(O)sc2ccc(F)cc12. The Morgan fingerprint density at radius 3 is 2.90 bits per heavy atom. The molecule has 0 unspecified atom stereocenters. The lowest BCUT2D eigenvalue weighted by Crippen LogP contribution is -2.04. The van der Waals surface area contributed by atoms with Gasteiger partial charge in [0.1, 0.15) is 5.82 Å². The van der Waals surface area contributed by atoms with Crippen LogP contribution in [-0.2, 0) is 6.42 Å². The average molecular weight is 287 g/mol. The summed E-state index contributed by atoms with van der Waals surface area (Å²) in [6, 6.07) is 9.45. The Bertz CT molecular complexity index is 783. The number of Topliss-reactive ketones (excluding diaryl/α,β-unsaturated/α-hetero) is 1. The Balaban J connectivity index is 2.03. The van der Waals surface area contributed by atoms with Gasteiger partial charge in [-0.3, -0.25) is 9.78 Å². The number of halogens is 1. The minimum Gasteiger partial charge on any atom is -0.499 e. The quantitative estimate of drug-likeness (QED) is 0.749. The molecule has 1 N–H and O–H groups in total. The third-order valence-electron chi connectivity index (χ3n) is 2.98. The molecule has 2 heterocycles. The van der Waals surface area contributed by atoms with Crippen LogP contribution in [0.3, 0.4) is 0 Å². The summed E-state index contributed by atoms with van der Waals surface area (Å²) in [7, 11) is 0. The molecule has 0 bridgehead atoms. The number of ketones is 1. The maximum atomic E-state index is 13.3. The smallest absolute Gasteiger partial charge is 0.183 e. The molecule has 3 nitrogen and oxygen atoms in total. The van der Waals surface area contributed by atoms with Crippen LogP contribution in [0.15, 0.2) is 42.6 Å². The third kappa shape index (κ3) is 2.28. The number of carbonyl (C=O) groups excluding carboxylic acids is 1. The Morgan fingerprint density at radius 1 is 1.30 bits per heavy atom. The van der Waals surface area contributed by atoms with Crippen LogP contribution in [0.1, 0.15) is 16.1 Å². The van der Waals surface area contributed by atoms with Gasteiger partial charge in [-0.1, -0.05) is 17.4 Å². The number of pyridine rings is 1. The van der Waals surface area contributed by atoms with E-state index in [1.54, 1.807) is 30.5 Å². The summed E-state index contributed by atoms with van der Waals surface area (Å²) < 4.78 is 14.0. The van der Waals surface area contributed by atoms with Crippen LogP contribution >= 0.6 is 11.3 Å². The summed E-state index contributed by atoms with van der Waals surface area (Å²) in [5.74, 6) is -0.694. The van der Waals surface area contributed by atoms with Crippen molar-refractivity contribution >= 4 is 27.2 Å². The number of hydrogen-bond acceptors (Lipinski definition) is 4. The van der Waals surface area contributed by atoms with Gasteiger partial charge in [-0.2, -0.15) is 0 Å². The van der Waals surface area contributed by atoms with E-state index in [1.165, 1.54) is 12.1 Å². The van der Waals surface area contributed by atoms with Crippen molar-refractivity contribution in [2.75, 3.05) is 0 Å². The largest absolute Gasteiger partial charge is 0.499 e. The number of fused-ring (bicyclic) bond motifs is 1. The van der Waals surface area contributed by atoms with E-state index in [9.17, 15) is 14.3 Å². The summed E-state index contributed by atoms with van der Waals surface area (Å²) in [6.45, 7) is 0. The molecule has 0 fully saturated rings. The van der Waals surface area contributed by atoms with Crippen LogP contribution in [0.5, 0.6) is 5.06 Å². The number of rotatable bonds is 3. The second-order valence-electron chi connectivity index (χ2n) is 4.34. The molecule has 5 heteroatoms. The highest BCUT2D eigenvalue weighted by Crippen LogP contribution is 2.37. The van der Waals surface area contributed by atoms with Crippen LogP contribution in [0.25, 0.3) is 10.1 Å². The maximum Gasteiger partial charge on any atom is 0.183 e. The summed E-state index contributed by atoms with van der Waals surface area (Å²) >= 11 is 1.07. The zero-order chi connectivity index (χ0) is 14.1. The van der Waals surface area contributed by atoms with Crippen LogP contribution in [0, 0.1) is 5.82 Å². The highest BCUT2D eigenvalue weighted by molar-refractivity contribution is 7.21. The van der Waals surface area contributed by atoms with Gasteiger partial charge in [0.05, 0.1) is 12.0 Å². The van der Waals surface area contributed by atoms with Gasteiger partial charge in [0.2, 0.25) is 0 Å². The monoisotopic (exact) mass is 287 g/mol. The highest BCUT2D eigenvalue weighted by Gasteiger charge is 2.19. The van der Waals surface area contributed by atoms with Gasteiger partial charge in [0.15, 0.2) is 10.8 Å². The first-order chi connectivity index (χ1) is 9.65. The van der Waals surface area contributed by atoms with Crippen molar-refractivity contribution in [3.8, 4) is 5.06 Å². The molecule has 0 aliphatic carbocycles. The molecular weight excluding hydrogens is 277 g/mol. The van der Waals surface area contributed by atoms with Crippen LogP contribution < -0.4 is 0 Å². The van der Waals surface area contributed by atoms with Crippen molar-refractivity contribution in [2.45, 2.75) is 6.42 Å². The topological polar surface area (TPSA) is 50.2 Å². The zero-order valence-electron chi connectivity index (χ0n) is 10.3. The van der Waals surface area contributed by atoms with Gasteiger partial charge in [0, 0.05) is 22.0 Å². The predicted octanol–water partition coefficient (Wildman–Crippen LogP) is 3.57. The lowest BCUT2D eigenvalue weighted by Gasteiger charge is -2.00.